The van der Waals surface area contributed by atoms with E-state index in [1.807, 2.05) is 30.3 Å². The van der Waals surface area contributed by atoms with Crippen LogP contribution in [0.3, 0.4) is 0 Å². The minimum absolute atomic E-state index is 0.0308. The highest BCUT2D eigenvalue weighted by atomic mass is 32.2. The zero-order valence-corrected chi connectivity index (χ0v) is 13.8. The average molecular weight is 333 g/mol. The van der Waals surface area contributed by atoms with Crippen molar-refractivity contribution in [2.75, 3.05) is 19.4 Å². The fourth-order valence-corrected chi connectivity index (χ4v) is 3.39. The number of carbonyl (C=O) groups is 1. The molecule has 1 saturated heterocycles. The number of methoxy groups -OCH3 is 1. The summed E-state index contributed by atoms with van der Waals surface area (Å²) in [4.78, 5) is 13.4. The van der Waals surface area contributed by atoms with Crippen molar-refractivity contribution in [1.29, 1.82) is 0 Å². The second-order valence-corrected chi connectivity index (χ2v) is 6.30. The molecule has 1 amide bonds. The van der Waals surface area contributed by atoms with Gasteiger partial charge in [0, 0.05) is 25.8 Å². The zero-order chi connectivity index (χ0) is 16.1. The van der Waals surface area contributed by atoms with Gasteiger partial charge in [-0.3, -0.25) is 4.79 Å². The van der Waals surface area contributed by atoms with Crippen LogP contribution in [0.4, 0.5) is 0 Å². The first-order valence-corrected chi connectivity index (χ1v) is 8.55. The van der Waals surface area contributed by atoms with E-state index in [-0.39, 0.29) is 12.0 Å². The van der Waals surface area contributed by atoms with E-state index in [1.54, 1.807) is 12.0 Å². The molecule has 0 bridgehead atoms. The minimum atomic E-state index is -0.0308. The first-order chi connectivity index (χ1) is 11.3. The predicted octanol–water partition coefficient (Wildman–Crippen LogP) is 2.67. The molecule has 0 N–H and O–H groups in total. The van der Waals surface area contributed by atoms with Crippen LogP contribution < -0.4 is 0 Å². The molecule has 0 unspecified atom stereocenters. The third kappa shape index (κ3) is 4.11. The smallest absolute Gasteiger partial charge is 0.276 e. The molecule has 0 spiro atoms. The molecule has 122 valence electrons. The van der Waals surface area contributed by atoms with E-state index in [0.29, 0.717) is 29.8 Å². The van der Waals surface area contributed by atoms with Gasteiger partial charge in [-0.15, -0.1) is 10.2 Å². The molecule has 1 fully saturated rings. The summed E-state index contributed by atoms with van der Waals surface area (Å²) >= 11 is 1.46. The molecule has 1 aromatic heterocycles. The predicted molar refractivity (Wildman–Crippen MR) is 85.9 cm³/mol. The number of nitrogens with zero attached hydrogens (tertiary/aromatic N) is 3. The van der Waals surface area contributed by atoms with Gasteiger partial charge in [0.15, 0.2) is 0 Å². The molecule has 3 rings (SSSR count). The summed E-state index contributed by atoms with van der Waals surface area (Å²) in [6.07, 6.45) is 1.49. The fraction of sp³-hybridized carbons (Fsp3) is 0.438. The largest absolute Gasteiger partial charge is 0.414 e. The Labute approximate surface area is 139 Å². The first-order valence-electron chi connectivity index (χ1n) is 7.57. The van der Waals surface area contributed by atoms with Crippen molar-refractivity contribution in [2.24, 2.45) is 0 Å². The number of carbonyl (C=O) groups excluding carboxylic acids is 1. The normalized spacial score (nSPS) is 16.0. The van der Waals surface area contributed by atoms with Crippen molar-refractivity contribution in [2.45, 2.75) is 30.7 Å². The molecule has 0 aliphatic carbocycles. The summed E-state index contributed by atoms with van der Waals surface area (Å²) in [5.74, 6) is 1.32. The van der Waals surface area contributed by atoms with E-state index >= 15 is 0 Å². The lowest BCUT2D eigenvalue weighted by atomic mass is 10.1. The van der Waals surface area contributed by atoms with Crippen molar-refractivity contribution in [3.05, 3.63) is 41.8 Å². The maximum Gasteiger partial charge on any atom is 0.276 e. The lowest BCUT2D eigenvalue weighted by molar-refractivity contribution is -0.128. The lowest BCUT2D eigenvalue weighted by Crippen LogP contribution is -2.23. The Kier molecular flexibility index (Phi) is 5.30. The van der Waals surface area contributed by atoms with Crippen LogP contribution in [0.1, 0.15) is 30.4 Å². The van der Waals surface area contributed by atoms with Gasteiger partial charge in [0.1, 0.15) is 0 Å². The second kappa shape index (κ2) is 7.61. The average Bonchev–Trinajstić information content (AvgIpc) is 3.19. The van der Waals surface area contributed by atoms with E-state index in [0.717, 1.165) is 18.5 Å². The van der Waals surface area contributed by atoms with Gasteiger partial charge >= 0.3 is 0 Å². The van der Waals surface area contributed by atoms with Gasteiger partial charge in [0.25, 0.3) is 5.22 Å². The highest BCUT2D eigenvalue weighted by Gasteiger charge is 2.22. The number of hydrogen-bond acceptors (Lipinski definition) is 6. The third-order valence-electron chi connectivity index (χ3n) is 3.76. The second-order valence-electron chi connectivity index (χ2n) is 5.33. The quantitative estimate of drug-likeness (QED) is 0.726. The van der Waals surface area contributed by atoms with Gasteiger partial charge in [0.05, 0.1) is 12.6 Å². The SMILES string of the molecule is CO[C@@H](CSc1nnc(CN2CCCC2=O)o1)c1ccccc1. The monoisotopic (exact) mass is 333 g/mol. The fourth-order valence-electron chi connectivity index (χ4n) is 2.51. The summed E-state index contributed by atoms with van der Waals surface area (Å²) in [5.41, 5.74) is 1.12. The number of amides is 1. The Bertz CT molecular complexity index is 647. The van der Waals surface area contributed by atoms with Gasteiger partial charge in [-0.05, 0) is 12.0 Å². The summed E-state index contributed by atoms with van der Waals surface area (Å²) in [7, 11) is 1.69. The number of hydrogen-bond donors (Lipinski definition) is 0. The van der Waals surface area contributed by atoms with Gasteiger partial charge in [-0.25, -0.2) is 0 Å². The number of benzene rings is 1. The maximum absolute atomic E-state index is 11.6. The van der Waals surface area contributed by atoms with Crippen LogP contribution in [0.25, 0.3) is 0 Å². The van der Waals surface area contributed by atoms with Crippen LogP contribution >= 0.6 is 11.8 Å². The molecular formula is C16H19N3O3S. The number of thioether (sulfide) groups is 1. The first kappa shape index (κ1) is 16.0. The molecule has 1 atom stereocenters. The number of aromatic nitrogens is 2. The standard InChI is InChI=1S/C16H19N3O3S/c1-21-13(12-6-3-2-4-7-12)11-23-16-18-17-14(22-16)10-19-9-5-8-15(19)20/h2-4,6-7,13H,5,8-11H2,1H3/t13-/m0/s1. The van der Waals surface area contributed by atoms with E-state index in [2.05, 4.69) is 10.2 Å². The number of likely N-dealkylation sites (tertiary alicyclic amines) is 1. The molecule has 23 heavy (non-hydrogen) atoms. The maximum atomic E-state index is 11.6. The Morgan fingerprint density at radius 3 is 2.87 bits per heavy atom. The van der Waals surface area contributed by atoms with Crippen LogP contribution in [0.5, 0.6) is 0 Å². The molecule has 1 aliphatic heterocycles. The Hall–Kier alpha value is -1.86. The van der Waals surface area contributed by atoms with Gasteiger partial charge in [-0.1, -0.05) is 42.1 Å². The molecule has 1 aromatic carbocycles. The molecule has 1 aliphatic rings. The van der Waals surface area contributed by atoms with Gasteiger partial charge in [0.2, 0.25) is 11.8 Å². The third-order valence-corrected chi connectivity index (χ3v) is 4.64. The molecular weight excluding hydrogens is 314 g/mol. The van der Waals surface area contributed by atoms with Crippen LogP contribution in [0.2, 0.25) is 0 Å². The number of rotatable bonds is 7. The summed E-state index contributed by atoms with van der Waals surface area (Å²) in [6.45, 7) is 1.17. The van der Waals surface area contributed by atoms with E-state index in [9.17, 15) is 4.79 Å². The molecule has 0 radical (unpaired) electrons. The molecule has 6 nitrogen and oxygen atoms in total. The molecule has 0 saturated carbocycles. The van der Waals surface area contributed by atoms with Gasteiger partial charge < -0.3 is 14.1 Å². The zero-order valence-electron chi connectivity index (χ0n) is 13.0. The van der Waals surface area contributed by atoms with Gasteiger partial charge in [-0.2, -0.15) is 0 Å². The number of ether oxygens (including phenoxy) is 1. The topological polar surface area (TPSA) is 68.5 Å². The molecule has 2 aromatic rings. The molecule has 2 heterocycles. The lowest BCUT2D eigenvalue weighted by Gasteiger charge is -2.14. The Morgan fingerprint density at radius 2 is 2.17 bits per heavy atom. The van der Waals surface area contributed by atoms with Crippen molar-refractivity contribution in [3.63, 3.8) is 0 Å². The Morgan fingerprint density at radius 1 is 1.35 bits per heavy atom. The van der Waals surface area contributed by atoms with Crippen molar-refractivity contribution in [1.82, 2.24) is 15.1 Å². The minimum Gasteiger partial charge on any atom is -0.414 e. The van der Waals surface area contributed by atoms with Crippen LogP contribution in [0.15, 0.2) is 40.0 Å². The van der Waals surface area contributed by atoms with Crippen LogP contribution in [-0.4, -0.2) is 40.4 Å². The van der Waals surface area contributed by atoms with Crippen LogP contribution in [-0.2, 0) is 16.1 Å². The van der Waals surface area contributed by atoms with Crippen LogP contribution in [0, 0.1) is 0 Å². The highest BCUT2D eigenvalue weighted by Crippen LogP contribution is 2.26. The van der Waals surface area contributed by atoms with Crippen molar-refractivity contribution >= 4 is 17.7 Å². The Balaban J connectivity index is 1.55. The summed E-state index contributed by atoms with van der Waals surface area (Å²) < 4.78 is 11.1. The van der Waals surface area contributed by atoms with Crippen molar-refractivity contribution < 1.29 is 13.9 Å². The summed E-state index contributed by atoms with van der Waals surface area (Å²) in [6, 6.07) is 10.0. The highest BCUT2D eigenvalue weighted by molar-refractivity contribution is 7.99. The van der Waals surface area contributed by atoms with E-state index in [1.165, 1.54) is 11.8 Å². The summed E-state index contributed by atoms with van der Waals surface area (Å²) in [5, 5.41) is 8.56. The molecule has 7 heteroatoms. The van der Waals surface area contributed by atoms with E-state index in [4.69, 9.17) is 9.15 Å². The van der Waals surface area contributed by atoms with E-state index < -0.39 is 0 Å². The van der Waals surface area contributed by atoms with Crippen molar-refractivity contribution in [3.8, 4) is 0 Å².